The Morgan fingerprint density at radius 3 is 2.35 bits per heavy atom. The zero-order valence-electron chi connectivity index (χ0n) is 11.7. The van der Waals surface area contributed by atoms with Crippen molar-refractivity contribution in [3.8, 4) is 0 Å². The topological polar surface area (TPSA) is 59.3 Å². The molecule has 108 valence electrons. The molecule has 0 aliphatic rings. The molecule has 1 aromatic carbocycles. The molecule has 0 saturated carbocycles. The van der Waals surface area contributed by atoms with E-state index >= 15 is 0 Å². The van der Waals surface area contributed by atoms with Crippen LogP contribution in [0.15, 0.2) is 52.2 Å². The minimum atomic E-state index is -3.15. The van der Waals surface area contributed by atoms with Crippen molar-refractivity contribution in [3.63, 3.8) is 0 Å². The van der Waals surface area contributed by atoms with Crippen LogP contribution in [0.2, 0.25) is 0 Å². The Balaban J connectivity index is 2.30. The van der Waals surface area contributed by atoms with E-state index in [1.807, 2.05) is 18.2 Å². The van der Waals surface area contributed by atoms with Crippen molar-refractivity contribution in [3.05, 3.63) is 54.0 Å². The van der Waals surface area contributed by atoms with Crippen molar-refractivity contribution in [2.45, 2.75) is 24.3 Å². The quantitative estimate of drug-likeness (QED) is 0.889. The summed E-state index contributed by atoms with van der Waals surface area (Å²) in [5.74, 6) is 0. The minimum Gasteiger partial charge on any atom is -0.472 e. The van der Waals surface area contributed by atoms with Crippen LogP contribution in [0.4, 0.5) is 0 Å². The molecule has 1 heterocycles. The molecule has 1 N–H and O–H groups in total. The summed E-state index contributed by atoms with van der Waals surface area (Å²) in [5, 5.41) is 3.44. The fraction of sp³-hybridized carbons (Fsp3) is 0.333. The largest absolute Gasteiger partial charge is 0.472 e. The van der Waals surface area contributed by atoms with Gasteiger partial charge in [-0.3, -0.25) is 0 Å². The van der Waals surface area contributed by atoms with Crippen LogP contribution in [-0.4, -0.2) is 21.2 Å². The highest BCUT2D eigenvalue weighted by Gasteiger charge is 2.15. The molecule has 0 amide bonds. The molecule has 1 unspecified atom stereocenters. The summed E-state index contributed by atoms with van der Waals surface area (Å²) in [6, 6.07) is 8.91. The Morgan fingerprint density at radius 2 is 1.85 bits per heavy atom. The van der Waals surface area contributed by atoms with E-state index in [-0.39, 0.29) is 6.04 Å². The molecule has 0 aliphatic carbocycles. The Kier molecular flexibility index (Phi) is 4.62. The van der Waals surface area contributed by atoms with E-state index in [1.54, 1.807) is 24.7 Å². The number of sulfone groups is 1. The van der Waals surface area contributed by atoms with E-state index in [4.69, 9.17) is 4.42 Å². The molecular formula is C15H19NO3S. The zero-order valence-corrected chi connectivity index (χ0v) is 12.5. The summed E-state index contributed by atoms with van der Waals surface area (Å²) in [7, 11) is -3.15. The van der Waals surface area contributed by atoms with Crippen LogP contribution in [0.3, 0.4) is 0 Å². The number of furan rings is 1. The van der Waals surface area contributed by atoms with Gasteiger partial charge < -0.3 is 9.73 Å². The zero-order chi connectivity index (χ0) is 14.6. The average Bonchev–Trinajstić information content (AvgIpc) is 2.93. The molecule has 0 fully saturated rings. The molecule has 0 spiro atoms. The third kappa shape index (κ3) is 3.49. The number of benzene rings is 1. The molecule has 0 saturated heterocycles. The molecule has 1 atom stereocenters. The van der Waals surface area contributed by atoms with Gasteiger partial charge in [0, 0.05) is 11.8 Å². The predicted octanol–water partition coefficient (Wildman–Crippen LogP) is 2.77. The van der Waals surface area contributed by atoms with E-state index in [2.05, 4.69) is 12.2 Å². The first-order valence-electron chi connectivity index (χ1n) is 6.58. The highest BCUT2D eigenvalue weighted by Crippen LogP contribution is 2.23. The molecule has 5 heteroatoms. The third-order valence-corrected chi connectivity index (χ3v) is 4.25. The van der Waals surface area contributed by atoms with E-state index in [0.717, 1.165) is 24.1 Å². The minimum absolute atomic E-state index is 0.0160. The number of nitrogens with one attached hydrogen (secondary N) is 1. The van der Waals surface area contributed by atoms with Gasteiger partial charge in [-0.2, -0.15) is 0 Å². The van der Waals surface area contributed by atoms with Gasteiger partial charge >= 0.3 is 0 Å². The Bertz CT molecular complexity index is 630. The van der Waals surface area contributed by atoms with Crippen LogP contribution in [0.1, 0.15) is 30.5 Å². The van der Waals surface area contributed by atoms with Gasteiger partial charge in [-0.05, 0) is 36.7 Å². The van der Waals surface area contributed by atoms with E-state index < -0.39 is 9.84 Å². The molecular weight excluding hydrogens is 274 g/mol. The van der Waals surface area contributed by atoms with Gasteiger partial charge in [-0.15, -0.1) is 0 Å². The lowest BCUT2D eigenvalue weighted by atomic mass is 10.0. The van der Waals surface area contributed by atoms with Gasteiger partial charge in [0.15, 0.2) is 9.84 Å². The molecule has 4 nitrogen and oxygen atoms in total. The van der Waals surface area contributed by atoms with Crippen LogP contribution in [0.25, 0.3) is 0 Å². The van der Waals surface area contributed by atoms with E-state index in [9.17, 15) is 8.42 Å². The van der Waals surface area contributed by atoms with Crippen molar-refractivity contribution >= 4 is 9.84 Å². The van der Waals surface area contributed by atoms with Crippen molar-refractivity contribution in [1.29, 1.82) is 0 Å². The number of hydrogen-bond donors (Lipinski definition) is 1. The third-order valence-electron chi connectivity index (χ3n) is 3.12. The second-order valence-corrected chi connectivity index (χ2v) is 6.80. The smallest absolute Gasteiger partial charge is 0.175 e. The SMILES string of the molecule is CCCNC(c1ccc(S(C)(=O)=O)cc1)c1ccoc1. The lowest BCUT2D eigenvalue weighted by Crippen LogP contribution is -2.22. The van der Waals surface area contributed by atoms with Crippen LogP contribution in [0, 0.1) is 0 Å². The first-order valence-corrected chi connectivity index (χ1v) is 8.47. The van der Waals surface area contributed by atoms with Gasteiger partial charge in [-0.25, -0.2) is 8.42 Å². The fourth-order valence-corrected chi connectivity index (χ4v) is 2.69. The molecule has 0 bridgehead atoms. The maximum Gasteiger partial charge on any atom is 0.175 e. The Labute approximate surface area is 119 Å². The summed E-state index contributed by atoms with van der Waals surface area (Å²) < 4.78 is 28.1. The Hall–Kier alpha value is -1.59. The summed E-state index contributed by atoms with van der Waals surface area (Å²) in [4.78, 5) is 0.336. The fourth-order valence-electron chi connectivity index (χ4n) is 2.06. The number of hydrogen-bond acceptors (Lipinski definition) is 4. The predicted molar refractivity (Wildman–Crippen MR) is 78.4 cm³/mol. The van der Waals surface area contributed by atoms with Gasteiger partial charge in [-0.1, -0.05) is 19.1 Å². The first kappa shape index (κ1) is 14.8. The molecule has 2 rings (SSSR count). The highest BCUT2D eigenvalue weighted by atomic mass is 32.2. The van der Waals surface area contributed by atoms with Gasteiger partial charge in [0.25, 0.3) is 0 Å². The summed E-state index contributed by atoms with van der Waals surface area (Å²) in [6.45, 7) is 2.98. The van der Waals surface area contributed by atoms with Gasteiger partial charge in [0.05, 0.1) is 23.5 Å². The van der Waals surface area contributed by atoms with Crippen LogP contribution >= 0.6 is 0 Å². The van der Waals surface area contributed by atoms with E-state index in [1.165, 1.54) is 6.26 Å². The van der Waals surface area contributed by atoms with Gasteiger partial charge in [0.1, 0.15) is 0 Å². The number of rotatable bonds is 6. The van der Waals surface area contributed by atoms with Crippen molar-refractivity contribution in [2.75, 3.05) is 12.8 Å². The molecule has 0 radical (unpaired) electrons. The Morgan fingerprint density at radius 1 is 1.15 bits per heavy atom. The van der Waals surface area contributed by atoms with Crippen molar-refractivity contribution in [2.24, 2.45) is 0 Å². The molecule has 0 aliphatic heterocycles. The lowest BCUT2D eigenvalue weighted by Gasteiger charge is -2.17. The normalized spacial score (nSPS) is 13.3. The molecule has 1 aromatic heterocycles. The first-order chi connectivity index (χ1) is 9.52. The van der Waals surface area contributed by atoms with Crippen molar-refractivity contribution < 1.29 is 12.8 Å². The average molecular weight is 293 g/mol. The highest BCUT2D eigenvalue weighted by molar-refractivity contribution is 7.90. The van der Waals surface area contributed by atoms with Crippen molar-refractivity contribution in [1.82, 2.24) is 5.32 Å². The lowest BCUT2D eigenvalue weighted by molar-refractivity contribution is 0.548. The monoisotopic (exact) mass is 293 g/mol. The molecule has 2 aromatic rings. The maximum absolute atomic E-state index is 11.5. The standard InChI is InChI=1S/C15H19NO3S/c1-3-9-16-15(13-8-10-19-11-13)12-4-6-14(7-5-12)20(2,17)18/h4-8,10-11,15-16H,3,9H2,1-2H3. The summed E-state index contributed by atoms with van der Waals surface area (Å²) in [6.07, 6.45) is 5.58. The van der Waals surface area contributed by atoms with Gasteiger partial charge in [0.2, 0.25) is 0 Å². The maximum atomic E-state index is 11.5. The summed E-state index contributed by atoms with van der Waals surface area (Å²) >= 11 is 0. The van der Waals surface area contributed by atoms with Crippen LogP contribution in [0.5, 0.6) is 0 Å². The second-order valence-electron chi connectivity index (χ2n) is 4.79. The second kappa shape index (κ2) is 6.24. The van der Waals surface area contributed by atoms with Crippen LogP contribution < -0.4 is 5.32 Å². The van der Waals surface area contributed by atoms with E-state index in [0.29, 0.717) is 4.90 Å². The summed E-state index contributed by atoms with van der Waals surface area (Å²) in [5.41, 5.74) is 2.05. The molecule has 20 heavy (non-hydrogen) atoms. The van der Waals surface area contributed by atoms with Crippen LogP contribution in [-0.2, 0) is 9.84 Å².